The van der Waals surface area contributed by atoms with E-state index < -0.39 is 23.3 Å². The number of likely N-dealkylation sites (N-methyl/N-ethyl adjacent to an activating group) is 1. The van der Waals surface area contributed by atoms with Crippen LogP contribution < -0.4 is 5.73 Å². The zero-order valence-electron chi connectivity index (χ0n) is 9.41. The summed E-state index contributed by atoms with van der Waals surface area (Å²) in [7, 11) is 0. The number of hydrogen-bond acceptors (Lipinski definition) is 3. The maximum Gasteiger partial charge on any atom is 0.231 e. The van der Waals surface area contributed by atoms with Crippen molar-refractivity contribution < 1.29 is 18.7 Å². The minimum absolute atomic E-state index is 0.0145. The molecule has 0 saturated heterocycles. The molecule has 0 aromatic heterocycles. The van der Waals surface area contributed by atoms with Crippen molar-refractivity contribution in [1.29, 1.82) is 0 Å². The molecule has 0 radical (unpaired) electrons. The van der Waals surface area contributed by atoms with Crippen molar-refractivity contribution in [2.75, 3.05) is 13.1 Å². The normalized spacial score (nSPS) is 10.8. The standard InChI is InChI=1S/C11H14F2N2O2/c1-2-15(6-10(14)16)5-7-3-8(12)11(17)9(13)4-7/h3-4,17H,2,5-6H2,1H3,(H2,14,16). The summed E-state index contributed by atoms with van der Waals surface area (Å²) in [6.45, 7) is 2.53. The Morgan fingerprint density at radius 3 is 2.35 bits per heavy atom. The van der Waals surface area contributed by atoms with Gasteiger partial charge in [0.05, 0.1) is 6.54 Å². The molecule has 0 unspecified atom stereocenters. The van der Waals surface area contributed by atoms with Gasteiger partial charge in [-0.1, -0.05) is 6.92 Å². The van der Waals surface area contributed by atoms with Crippen molar-refractivity contribution in [3.8, 4) is 5.75 Å². The van der Waals surface area contributed by atoms with Crippen molar-refractivity contribution >= 4 is 5.91 Å². The summed E-state index contributed by atoms with van der Waals surface area (Å²) in [5.74, 6) is -3.54. The number of benzene rings is 1. The molecule has 4 nitrogen and oxygen atoms in total. The van der Waals surface area contributed by atoms with Gasteiger partial charge >= 0.3 is 0 Å². The molecule has 0 atom stereocenters. The van der Waals surface area contributed by atoms with Gasteiger partial charge in [-0.15, -0.1) is 0 Å². The molecule has 1 amide bonds. The fraction of sp³-hybridized carbons (Fsp3) is 0.364. The van der Waals surface area contributed by atoms with Gasteiger partial charge in [-0.3, -0.25) is 9.69 Å². The second-order valence-electron chi connectivity index (χ2n) is 3.68. The molecule has 1 aromatic carbocycles. The largest absolute Gasteiger partial charge is 0.503 e. The van der Waals surface area contributed by atoms with Crippen molar-refractivity contribution in [3.63, 3.8) is 0 Å². The maximum absolute atomic E-state index is 13.1. The van der Waals surface area contributed by atoms with Crippen LogP contribution in [0.25, 0.3) is 0 Å². The number of phenols is 1. The number of primary amides is 1. The molecule has 94 valence electrons. The number of rotatable bonds is 5. The second-order valence-corrected chi connectivity index (χ2v) is 3.68. The molecule has 17 heavy (non-hydrogen) atoms. The summed E-state index contributed by atoms with van der Waals surface area (Å²) in [6.07, 6.45) is 0. The number of amides is 1. The topological polar surface area (TPSA) is 66.6 Å². The Labute approximate surface area is 97.6 Å². The SMILES string of the molecule is CCN(CC(N)=O)Cc1cc(F)c(O)c(F)c1. The van der Waals surface area contributed by atoms with Crippen LogP contribution in [-0.4, -0.2) is 29.0 Å². The molecule has 6 heteroatoms. The van der Waals surface area contributed by atoms with Crippen LogP contribution in [0.5, 0.6) is 5.75 Å². The third kappa shape index (κ3) is 3.67. The zero-order chi connectivity index (χ0) is 13.0. The van der Waals surface area contributed by atoms with E-state index in [1.165, 1.54) is 0 Å². The second kappa shape index (κ2) is 5.58. The highest BCUT2D eigenvalue weighted by molar-refractivity contribution is 5.75. The summed E-state index contributed by atoms with van der Waals surface area (Å²) in [6, 6.07) is 2.06. The third-order valence-electron chi connectivity index (χ3n) is 2.31. The first kappa shape index (κ1) is 13.4. The first-order valence-electron chi connectivity index (χ1n) is 5.11. The van der Waals surface area contributed by atoms with E-state index in [1.54, 1.807) is 11.8 Å². The lowest BCUT2D eigenvalue weighted by atomic mass is 10.2. The van der Waals surface area contributed by atoms with Crippen LogP contribution in [0.1, 0.15) is 12.5 Å². The Hall–Kier alpha value is -1.69. The lowest BCUT2D eigenvalue weighted by Gasteiger charge is -2.18. The van der Waals surface area contributed by atoms with Gasteiger partial charge in [-0.2, -0.15) is 0 Å². The van der Waals surface area contributed by atoms with E-state index in [9.17, 15) is 13.6 Å². The van der Waals surface area contributed by atoms with Crippen LogP contribution in [0, 0.1) is 11.6 Å². The summed E-state index contributed by atoms with van der Waals surface area (Å²) >= 11 is 0. The third-order valence-corrected chi connectivity index (χ3v) is 2.31. The number of carbonyl (C=O) groups is 1. The Kier molecular flexibility index (Phi) is 4.39. The van der Waals surface area contributed by atoms with Crippen molar-refractivity contribution in [2.24, 2.45) is 5.73 Å². The quantitative estimate of drug-likeness (QED) is 0.811. The molecule has 3 N–H and O–H groups in total. The molecule has 1 rings (SSSR count). The Morgan fingerprint density at radius 2 is 1.94 bits per heavy atom. The van der Waals surface area contributed by atoms with Crippen LogP contribution >= 0.6 is 0 Å². The van der Waals surface area contributed by atoms with E-state index >= 15 is 0 Å². The highest BCUT2D eigenvalue weighted by Gasteiger charge is 2.12. The predicted molar refractivity (Wildman–Crippen MR) is 58.2 cm³/mol. The van der Waals surface area contributed by atoms with Crippen molar-refractivity contribution in [2.45, 2.75) is 13.5 Å². The van der Waals surface area contributed by atoms with Gasteiger partial charge in [-0.05, 0) is 24.2 Å². The van der Waals surface area contributed by atoms with Crippen LogP contribution in [-0.2, 0) is 11.3 Å². The summed E-state index contributed by atoms with van der Waals surface area (Å²) < 4.78 is 26.1. The number of aromatic hydroxyl groups is 1. The molecule has 0 aliphatic rings. The maximum atomic E-state index is 13.1. The van der Waals surface area contributed by atoms with Crippen LogP contribution in [0.4, 0.5) is 8.78 Å². The average molecular weight is 244 g/mol. The van der Waals surface area contributed by atoms with Gasteiger partial charge in [-0.25, -0.2) is 8.78 Å². The highest BCUT2D eigenvalue weighted by atomic mass is 19.1. The van der Waals surface area contributed by atoms with Gasteiger partial charge in [0, 0.05) is 6.54 Å². The number of halogens is 2. The smallest absolute Gasteiger partial charge is 0.231 e. The number of nitrogens with zero attached hydrogens (tertiary/aromatic N) is 1. The van der Waals surface area contributed by atoms with E-state index in [2.05, 4.69) is 0 Å². The molecule has 0 aliphatic heterocycles. The minimum Gasteiger partial charge on any atom is -0.503 e. The number of hydrogen-bond donors (Lipinski definition) is 2. The molecular formula is C11H14F2N2O2. The van der Waals surface area contributed by atoms with E-state index in [4.69, 9.17) is 10.8 Å². The van der Waals surface area contributed by atoms with Gasteiger partial charge in [0.15, 0.2) is 17.4 Å². The minimum atomic E-state index is -1.02. The number of phenolic OH excluding ortho intramolecular Hbond substituents is 1. The Balaban J connectivity index is 2.83. The molecule has 1 aromatic rings. The molecule has 0 saturated carbocycles. The molecule has 0 bridgehead atoms. The molecule has 0 spiro atoms. The Morgan fingerprint density at radius 1 is 1.41 bits per heavy atom. The van der Waals surface area contributed by atoms with Crippen molar-refractivity contribution in [3.05, 3.63) is 29.3 Å². The lowest BCUT2D eigenvalue weighted by molar-refractivity contribution is -0.119. The highest BCUT2D eigenvalue weighted by Crippen LogP contribution is 2.22. The first-order valence-corrected chi connectivity index (χ1v) is 5.11. The fourth-order valence-corrected chi connectivity index (χ4v) is 1.47. The molecule has 0 fully saturated rings. The predicted octanol–water partition coefficient (Wildman–Crippen LogP) is 0.978. The van der Waals surface area contributed by atoms with E-state index in [0.717, 1.165) is 12.1 Å². The van der Waals surface area contributed by atoms with Gasteiger partial charge in [0.2, 0.25) is 5.91 Å². The average Bonchev–Trinajstić information content (AvgIpc) is 2.24. The van der Waals surface area contributed by atoms with Crippen molar-refractivity contribution in [1.82, 2.24) is 4.90 Å². The monoisotopic (exact) mass is 244 g/mol. The van der Waals surface area contributed by atoms with Gasteiger partial charge in [0.25, 0.3) is 0 Å². The van der Waals surface area contributed by atoms with Crippen LogP contribution in [0.3, 0.4) is 0 Å². The summed E-state index contributed by atoms with van der Waals surface area (Å²) in [5.41, 5.74) is 5.37. The van der Waals surface area contributed by atoms with E-state index in [0.29, 0.717) is 12.1 Å². The number of carbonyl (C=O) groups excluding carboxylic acids is 1. The first-order chi connectivity index (χ1) is 7.93. The van der Waals surface area contributed by atoms with Crippen LogP contribution in [0.2, 0.25) is 0 Å². The number of nitrogens with two attached hydrogens (primary N) is 1. The molecule has 0 aliphatic carbocycles. The lowest BCUT2D eigenvalue weighted by Crippen LogP contribution is -2.33. The summed E-state index contributed by atoms with van der Waals surface area (Å²) in [5, 5.41) is 8.93. The van der Waals surface area contributed by atoms with Crippen LogP contribution in [0.15, 0.2) is 12.1 Å². The van der Waals surface area contributed by atoms with Gasteiger partial charge in [0.1, 0.15) is 0 Å². The summed E-state index contributed by atoms with van der Waals surface area (Å²) in [4.78, 5) is 12.4. The molecule has 0 heterocycles. The molecular weight excluding hydrogens is 230 g/mol. The zero-order valence-corrected chi connectivity index (χ0v) is 9.41. The fourth-order valence-electron chi connectivity index (χ4n) is 1.47. The van der Waals surface area contributed by atoms with E-state index in [1.807, 2.05) is 0 Å². The van der Waals surface area contributed by atoms with Gasteiger partial charge < -0.3 is 10.8 Å². The van der Waals surface area contributed by atoms with E-state index in [-0.39, 0.29) is 13.1 Å². The Bertz CT molecular complexity index is 401.